The Hall–Kier alpha value is -2.14. The molecule has 2 rings (SSSR count). The maximum absolute atomic E-state index is 12.8. The molecule has 2 N–H and O–H groups in total. The standard InChI is InChI=1S/C14H13ClFN3O/c1-2-17-13-8-9(7-12(15)19-13)14(20)18-11-5-3-10(16)4-6-11/h3-8H,2H2,1H3,(H,17,19)(H,18,20). The summed E-state index contributed by atoms with van der Waals surface area (Å²) < 4.78 is 12.8. The van der Waals surface area contributed by atoms with Gasteiger partial charge in [0.15, 0.2) is 0 Å². The molecule has 0 saturated heterocycles. The first-order chi connectivity index (χ1) is 9.58. The summed E-state index contributed by atoms with van der Waals surface area (Å²) in [5.74, 6) is -0.159. The molecule has 0 aliphatic carbocycles. The number of benzene rings is 1. The Balaban J connectivity index is 2.18. The van der Waals surface area contributed by atoms with Gasteiger partial charge in [-0.05, 0) is 43.3 Å². The molecule has 0 bridgehead atoms. The van der Waals surface area contributed by atoms with Crippen molar-refractivity contribution in [3.63, 3.8) is 0 Å². The van der Waals surface area contributed by atoms with Gasteiger partial charge < -0.3 is 10.6 Å². The topological polar surface area (TPSA) is 54.0 Å². The summed E-state index contributed by atoms with van der Waals surface area (Å²) >= 11 is 5.87. The molecule has 0 spiro atoms. The average molecular weight is 294 g/mol. The number of anilines is 2. The highest BCUT2D eigenvalue weighted by Gasteiger charge is 2.09. The van der Waals surface area contributed by atoms with Gasteiger partial charge in [-0.1, -0.05) is 11.6 Å². The summed E-state index contributed by atoms with van der Waals surface area (Å²) in [6.07, 6.45) is 0. The van der Waals surface area contributed by atoms with Crippen molar-refractivity contribution in [1.29, 1.82) is 0 Å². The number of pyridine rings is 1. The zero-order valence-electron chi connectivity index (χ0n) is 10.8. The first-order valence-electron chi connectivity index (χ1n) is 6.07. The molecule has 1 aromatic carbocycles. The highest BCUT2D eigenvalue weighted by Crippen LogP contribution is 2.16. The van der Waals surface area contributed by atoms with Crippen molar-refractivity contribution in [3.8, 4) is 0 Å². The Labute approximate surface area is 121 Å². The Morgan fingerprint density at radius 2 is 2.00 bits per heavy atom. The van der Waals surface area contributed by atoms with Crippen LogP contribution in [-0.2, 0) is 0 Å². The van der Waals surface area contributed by atoms with E-state index in [1.807, 2.05) is 6.92 Å². The van der Waals surface area contributed by atoms with Gasteiger partial charge in [0.05, 0.1) is 0 Å². The van der Waals surface area contributed by atoms with Crippen molar-refractivity contribution in [1.82, 2.24) is 4.98 Å². The van der Waals surface area contributed by atoms with Crippen LogP contribution >= 0.6 is 11.6 Å². The quantitative estimate of drug-likeness (QED) is 0.848. The van der Waals surface area contributed by atoms with Crippen LogP contribution in [-0.4, -0.2) is 17.4 Å². The SMILES string of the molecule is CCNc1cc(C(=O)Nc2ccc(F)cc2)cc(Cl)n1. The van der Waals surface area contributed by atoms with E-state index < -0.39 is 0 Å². The maximum Gasteiger partial charge on any atom is 0.255 e. The molecule has 1 amide bonds. The third-order valence-electron chi connectivity index (χ3n) is 2.52. The van der Waals surface area contributed by atoms with Gasteiger partial charge >= 0.3 is 0 Å². The van der Waals surface area contributed by atoms with Gasteiger partial charge in [0, 0.05) is 17.8 Å². The van der Waals surface area contributed by atoms with E-state index in [1.165, 1.54) is 30.3 Å². The molecule has 1 aromatic heterocycles. The first kappa shape index (κ1) is 14.3. The number of hydrogen-bond acceptors (Lipinski definition) is 3. The summed E-state index contributed by atoms with van der Waals surface area (Å²) in [5, 5.41) is 5.88. The lowest BCUT2D eigenvalue weighted by Crippen LogP contribution is -2.13. The van der Waals surface area contributed by atoms with Crippen molar-refractivity contribution in [3.05, 3.63) is 52.9 Å². The molecule has 0 aliphatic heterocycles. The summed E-state index contributed by atoms with van der Waals surface area (Å²) in [5.41, 5.74) is 0.889. The molecular formula is C14H13ClFN3O. The Morgan fingerprint density at radius 1 is 1.30 bits per heavy atom. The fraction of sp³-hybridized carbons (Fsp3) is 0.143. The molecule has 0 radical (unpaired) electrons. The van der Waals surface area contributed by atoms with Crippen LogP contribution in [0.15, 0.2) is 36.4 Å². The fourth-order valence-corrected chi connectivity index (χ4v) is 1.84. The van der Waals surface area contributed by atoms with Gasteiger partial charge in [-0.3, -0.25) is 4.79 Å². The van der Waals surface area contributed by atoms with E-state index >= 15 is 0 Å². The minimum atomic E-state index is -0.357. The fourth-order valence-electron chi connectivity index (χ4n) is 1.64. The normalized spacial score (nSPS) is 10.2. The highest BCUT2D eigenvalue weighted by molar-refractivity contribution is 6.30. The van der Waals surface area contributed by atoms with Crippen molar-refractivity contribution >= 4 is 29.0 Å². The number of amides is 1. The van der Waals surface area contributed by atoms with Crippen LogP contribution in [0.2, 0.25) is 5.15 Å². The van der Waals surface area contributed by atoms with Gasteiger partial charge in [-0.25, -0.2) is 9.37 Å². The molecular weight excluding hydrogens is 281 g/mol. The number of nitrogens with one attached hydrogen (secondary N) is 2. The lowest BCUT2D eigenvalue weighted by molar-refractivity contribution is 0.102. The number of halogens is 2. The van der Waals surface area contributed by atoms with E-state index in [4.69, 9.17) is 11.6 Å². The molecule has 2 aromatic rings. The van der Waals surface area contributed by atoms with Crippen LogP contribution in [0.1, 0.15) is 17.3 Å². The van der Waals surface area contributed by atoms with Gasteiger partial charge in [0.2, 0.25) is 0 Å². The number of hydrogen-bond donors (Lipinski definition) is 2. The lowest BCUT2D eigenvalue weighted by atomic mass is 10.2. The third-order valence-corrected chi connectivity index (χ3v) is 2.71. The predicted octanol–water partition coefficient (Wildman–Crippen LogP) is 3.56. The maximum atomic E-state index is 12.8. The Morgan fingerprint density at radius 3 is 2.65 bits per heavy atom. The molecule has 0 unspecified atom stereocenters. The summed E-state index contributed by atoms with van der Waals surface area (Å²) in [6, 6.07) is 8.61. The second-order valence-corrected chi connectivity index (χ2v) is 4.44. The molecule has 0 atom stereocenters. The second-order valence-electron chi connectivity index (χ2n) is 4.06. The number of carbonyl (C=O) groups is 1. The van der Waals surface area contributed by atoms with E-state index in [1.54, 1.807) is 6.07 Å². The lowest BCUT2D eigenvalue weighted by Gasteiger charge is -2.08. The van der Waals surface area contributed by atoms with Gasteiger partial charge in [-0.2, -0.15) is 0 Å². The van der Waals surface area contributed by atoms with Crippen LogP contribution < -0.4 is 10.6 Å². The number of carbonyl (C=O) groups excluding carboxylic acids is 1. The van der Waals surface area contributed by atoms with Crippen LogP contribution in [0.3, 0.4) is 0 Å². The zero-order valence-corrected chi connectivity index (χ0v) is 11.5. The molecule has 0 aliphatic rings. The number of nitrogens with zero attached hydrogens (tertiary/aromatic N) is 1. The number of aromatic nitrogens is 1. The van der Waals surface area contributed by atoms with Crippen LogP contribution in [0, 0.1) is 5.82 Å². The minimum absolute atomic E-state index is 0.229. The Kier molecular flexibility index (Phi) is 4.53. The molecule has 6 heteroatoms. The second kappa shape index (κ2) is 6.34. The largest absolute Gasteiger partial charge is 0.370 e. The van der Waals surface area contributed by atoms with Crippen LogP contribution in [0.5, 0.6) is 0 Å². The summed E-state index contributed by atoms with van der Waals surface area (Å²) in [4.78, 5) is 16.1. The molecule has 1 heterocycles. The minimum Gasteiger partial charge on any atom is -0.370 e. The van der Waals surface area contributed by atoms with Crippen molar-refractivity contribution in [2.24, 2.45) is 0 Å². The molecule has 0 fully saturated rings. The summed E-state index contributed by atoms with van der Waals surface area (Å²) in [7, 11) is 0. The molecule has 4 nitrogen and oxygen atoms in total. The van der Waals surface area contributed by atoms with E-state index in [-0.39, 0.29) is 16.9 Å². The molecule has 104 valence electrons. The summed E-state index contributed by atoms with van der Waals surface area (Å²) in [6.45, 7) is 2.59. The van der Waals surface area contributed by atoms with Crippen molar-refractivity contribution < 1.29 is 9.18 Å². The van der Waals surface area contributed by atoms with Gasteiger partial charge in [0.25, 0.3) is 5.91 Å². The van der Waals surface area contributed by atoms with E-state index in [9.17, 15) is 9.18 Å². The zero-order chi connectivity index (χ0) is 14.5. The Bertz CT molecular complexity index is 616. The molecule has 0 saturated carbocycles. The monoisotopic (exact) mass is 293 g/mol. The van der Waals surface area contributed by atoms with Gasteiger partial charge in [0.1, 0.15) is 16.8 Å². The highest BCUT2D eigenvalue weighted by atomic mass is 35.5. The van der Waals surface area contributed by atoms with E-state index in [2.05, 4.69) is 15.6 Å². The number of rotatable bonds is 4. The third kappa shape index (κ3) is 3.68. The van der Waals surface area contributed by atoms with Gasteiger partial charge in [-0.15, -0.1) is 0 Å². The van der Waals surface area contributed by atoms with Crippen molar-refractivity contribution in [2.45, 2.75) is 6.92 Å². The van der Waals surface area contributed by atoms with Crippen molar-refractivity contribution in [2.75, 3.05) is 17.2 Å². The predicted molar refractivity (Wildman–Crippen MR) is 77.8 cm³/mol. The van der Waals surface area contributed by atoms with Crippen LogP contribution in [0.25, 0.3) is 0 Å². The van der Waals surface area contributed by atoms with E-state index in [0.717, 1.165) is 0 Å². The van der Waals surface area contributed by atoms with Crippen LogP contribution in [0.4, 0.5) is 15.9 Å². The average Bonchev–Trinajstić information content (AvgIpc) is 2.41. The first-order valence-corrected chi connectivity index (χ1v) is 6.44. The van der Waals surface area contributed by atoms with E-state index in [0.29, 0.717) is 23.6 Å². The smallest absolute Gasteiger partial charge is 0.255 e. The molecule has 20 heavy (non-hydrogen) atoms.